The monoisotopic (exact) mass is 644 g/mol. The van der Waals surface area contributed by atoms with Crippen molar-refractivity contribution in [1.29, 1.82) is 0 Å². The van der Waals surface area contributed by atoms with Gasteiger partial charge in [-0.3, -0.25) is 0 Å². The molecule has 0 saturated heterocycles. The molecule has 0 amide bonds. The van der Waals surface area contributed by atoms with Crippen molar-refractivity contribution in [2.75, 3.05) is 5.88 Å². The highest BCUT2D eigenvalue weighted by Crippen LogP contribution is 2.34. The lowest BCUT2D eigenvalue weighted by atomic mass is 9.79. The highest BCUT2D eigenvalue weighted by Gasteiger charge is 2.22. The summed E-state index contributed by atoms with van der Waals surface area (Å²) < 4.78 is 41.9. The predicted octanol–water partition coefficient (Wildman–Crippen LogP) is 11.9. The van der Waals surface area contributed by atoms with E-state index < -0.39 is 18.2 Å². The molecule has 3 saturated carbocycles. The Hall–Kier alpha value is -1.28. The molecule has 0 unspecified atom stereocenters. The number of hydrogen-bond acceptors (Lipinski definition) is 1. The van der Waals surface area contributed by atoms with Crippen LogP contribution in [0.25, 0.3) is 0 Å². The highest BCUT2D eigenvalue weighted by molar-refractivity contribution is 6.25. The van der Waals surface area contributed by atoms with Gasteiger partial charge < -0.3 is 4.74 Å². The summed E-state index contributed by atoms with van der Waals surface area (Å²) >= 11 is 17.1. The molecule has 3 aliphatic rings. The maximum Gasteiger partial charge on any atom is 0.387 e. The van der Waals surface area contributed by atoms with E-state index >= 15 is 0 Å². The summed E-state index contributed by atoms with van der Waals surface area (Å²) in [7, 11) is 0. The second kappa shape index (κ2) is 19.9. The van der Waals surface area contributed by atoms with Gasteiger partial charge in [0, 0.05) is 28.8 Å². The van der Waals surface area contributed by atoms with Gasteiger partial charge in [-0.15, -0.1) is 11.6 Å². The van der Waals surface area contributed by atoms with Gasteiger partial charge >= 0.3 is 6.61 Å². The molecular weight excluding hydrogens is 600 g/mol. The van der Waals surface area contributed by atoms with Gasteiger partial charge in [-0.1, -0.05) is 53.3 Å². The summed E-state index contributed by atoms with van der Waals surface area (Å²) in [5, 5.41) is 0. The SMILES string of the molecule is Cl/C=C/C1CCC(C#CC2CCC(CCCl)CC2)CC1.Fc1cc(CCC2CCC(/C=C/Cl)CC2)ccc1OC(F)F. The molecule has 42 heavy (non-hydrogen) atoms. The van der Waals surface area contributed by atoms with E-state index in [0.717, 1.165) is 55.9 Å². The number of alkyl halides is 3. The normalized spacial score (nSPS) is 28.3. The molecule has 0 spiro atoms. The second-order valence-corrected chi connectivity index (χ2v) is 13.1. The minimum Gasteiger partial charge on any atom is -0.432 e. The third kappa shape index (κ3) is 13.2. The largest absolute Gasteiger partial charge is 0.432 e. The van der Waals surface area contributed by atoms with E-state index in [2.05, 4.69) is 28.7 Å². The summed E-state index contributed by atoms with van der Waals surface area (Å²) in [5.74, 6) is 10.9. The summed E-state index contributed by atoms with van der Waals surface area (Å²) in [4.78, 5) is 0. The van der Waals surface area contributed by atoms with Crippen LogP contribution in [0.1, 0.15) is 95.5 Å². The summed E-state index contributed by atoms with van der Waals surface area (Å²) in [6.45, 7) is -3.00. The molecule has 0 N–H and O–H groups in total. The summed E-state index contributed by atoms with van der Waals surface area (Å²) in [6.07, 6.45) is 22.0. The van der Waals surface area contributed by atoms with Gasteiger partial charge in [0.1, 0.15) is 0 Å². The molecular formula is C35H46Cl3F3O. The molecule has 0 aromatic heterocycles. The minimum absolute atomic E-state index is 0.396. The highest BCUT2D eigenvalue weighted by atomic mass is 35.5. The Labute approximate surface area is 266 Å². The first-order valence-corrected chi connectivity index (χ1v) is 17.1. The van der Waals surface area contributed by atoms with Crippen molar-refractivity contribution in [3.63, 3.8) is 0 Å². The molecule has 1 aromatic rings. The van der Waals surface area contributed by atoms with Crippen molar-refractivity contribution in [1.82, 2.24) is 0 Å². The van der Waals surface area contributed by atoms with Crippen LogP contribution in [0.5, 0.6) is 5.75 Å². The molecule has 4 rings (SSSR count). The number of halogens is 6. The first-order valence-electron chi connectivity index (χ1n) is 15.7. The molecule has 0 radical (unpaired) electrons. The van der Waals surface area contributed by atoms with Crippen molar-refractivity contribution in [2.45, 2.75) is 103 Å². The average molecular weight is 646 g/mol. The molecule has 234 valence electrons. The van der Waals surface area contributed by atoms with Gasteiger partial charge in [0.2, 0.25) is 0 Å². The Morgan fingerprint density at radius 1 is 0.762 bits per heavy atom. The van der Waals surface area contributed by atoms with Gasteiger partial charge in [-0.05, 0) is 138 Å². The zero-order valence-corrected chi connectivity index (χ0v) is 26.8. The van der Waals surface area contributed by atoms with Crippen LogP contribution in [0.2, 0.25) is 0 Å². The fourth-order valence-corrected chi connectivity index (χ4v) is 7.30. The summed E-state index contributed by atoms with van der Waals surface area (Å²) in [5.41, 5.74) is 4.09. The maximum atomic E-state index is 13.6. The average Bonchev–Trinajstić information content (AvgIpc) is 2.99. The molecule has 0 aliphatic heterocycles. The zero-order chi connectivity index (χ0) is 30.2. The second-order valence-electron chi connectivity index (χ2n) is 12.2. The van der Waals surface area contributed by atoms with Gasteiger partial charge in [0.15, 0.2) is 11.6 Å². The van der Waals surface area contributed by atoms with Crippen LogP contribution in [0.4, 0.5) is 13.2 Å². The van der Waals surface area contributed by atoms with E-state index in [9.17, 15) is 13.2 Å². The third-order valence-corrected chi connectivity index (χ3v) is 9.77. The smallest absolute Gasteiger partial charge is 0.387 e. The molecule has 3 aliphatic carbocycles. The van der Waals surface area contributed by atoms with Gasteiger partial charge in [-0.2, -0.15) is 8.78 Å². The quantitative estimate of drug-likeness (QED) is 0.192. The first kappa shape index (κ1) is 35.2. The Morgan fingerprint density at radius 2 is 1.26 bits per heavy atom. The minimum atomic E-state index is -3.00. The summed E-state index contributed by atoms with van der Waals surface area (Å²) in [6, 6.07) is 4.22. The van der Waals surface area contributed by atoms with Crippen molar-refractivity contribution < 1.29 is 17.9 Å². The molecule has 3 fully saturated rings. The molecule has 0 heterocycles. The van der Waals surface area contributed by atoms with Gasteiger partial charge in [-0.25, -0.2) is 4.39 Å². The van der Waals surface area contributed by atoms with E-state index in [1.54, 1.807) is 17.1 Å². The predicted molar refractivity (Wildman–Crippen MR) is 171 cm³/mol. The molecule has 0 atom stereocenters. The standard InChI is InChI=1S/C18H26Cl2.C17H20ClF3O/c19-13-11-17-7-3-15(4-8-17)1-2-16-5-9-18(10-6-16)12-14-20;18-10-9-13-3-1-12(2-4-13)5-6-14-7-8-16(15(19)11-14)22-17(20)21/h11,13,15-18H,3-10,12,14H2;7-13,17H,1-6H2/b13-11+;10-9+. The Morgan fingerprint density at radius 3 is 1.76 bits per heavy atom. The fraction of sp³-hybridized carbons (Fsp3) is 0.657. The van der Waals surface area contributed by atoms with Crippen molar-refractivity contribution >= 4 is 34.8 Å². The maximum absolute atomic E-state index is 13.6. The van der Waals surface area contributed by atoms with E-state index in [1.807, 2.05) is 0 Å². The van der Waals surface area contributed by atoms with Crippen LogP contribution in [0.3, 0.4) is 0 Å². The number of allylic oxidation sites excluding steroid dienone is 2. The lowest BCUT2D eigenvalue weighted by Gasteiger charge is -2.26. The van der Waals surface area contributed by atoms with Crippen LogP contribution in [-0.2, 0) is 6.42 Å². The van der Waals surface area contributed by atoms with Gasteiger partial charge in [0.05, 0.1) is 0 Å². The fourth-order valence-electron chi connectivity index (χ4n) is 6.58. The number of hydrogen-bond donors (Lipinski definition) is 0. The Bertz CT molecular complexity index is 1010. The topological polar surface area (TPSA) is 9.23 Å². The molecule has 1 nitrogen and oxygen atoms in total. The van der Waals surface area contributed by atoms with Crippen LogP contribution < -0.4 is 4.74 Å². The van der Waals surface area contributed by atoms with Crippen molar-refractivity contribution in [2.24, 2.45) is 35.5 Å². The van der Waals surface area contributed by atoms with E-state index in [4.69, 9.17) is 34.8 Å². The molecule has 0 bridgehead atoms. The van der Waals surface area contributed by atoms with E-state index in [0.29, 0.717) is 29.6 Å². The number of aryl methyl sites for hydroxylation is 1. The van der Waals surface area contributed by atoms with E-state index in [-0.39, 0.29) is 0 Å². The number of ether oxygens (including phenoxy) is 1. The van der Waals surface area contributed by atoms with Crippen LogP contribution in [0, 0.1) is 53.2 Å². The van der Waals surface area contributed by atoms with Gasteiger partial charge in [0.25, 0.3) is 0 Å². The lowest BCUT2D eigenvalue weighted by Crippen LogP contribution is -2.15. The van der Waals surface area contributed by atoms with Crippen molar-refractivity contribution in [3.05, 3.63) is 52.8 Å². The van der Waals surface area contributed by atoms with Crippen LogP contribution >= 0.6 is 34.8 Å². The van der Waals surface area contributed by atoms with E-state index in [1.165, 1.54) is 69.9 Å². The van der Waals surface area contributed by atoms with Crippen LogP contribution in [0.15, 0.2) is 41.4 Å². The number of rotatable bonds is 9. The van der Waals surface area contributed by atoms with Crippen LogP contribution in [-0.4, -0.2) is 12.5 Å². The number of benzene rings is 1. The third-order valence-electron chi connectivity index (χ3n) is 9.26. The Balaban J connectivity index is 0.000000231. The van der Waals surface area contributed by atoms with Crippen molar-refractivity contribution in [3.8, 4) is 17.6 Å². The zero-order valence-electron chi connectivity index (χ0n) is 24.6. The molecule has 1 aromatic carbocycles. The first-order chi connectivity index (χ1) is 20.4. The molecule has 7 heteroatoms. The Kier molecular flexibility index (Phi) is 16.7. The lowest BCUT2D eigenvalue weighted by molar-refractivity contribution is -0.0522.